The molecule has 0 heterocycles. The largest absolute Gasteiger partial charge is 0.480 e. The predicted octanol–water partition coefficient (Wildman–Crippen LogP) is 1.32. The van der Waals surface area contributed by atoms with Crippen LogP contribution < -0.4 is 10.6 Å². The van der Waals surface area contributed by atoms with Crippen LogP contribution >= 0.6 is 11.8 Å². The van der Waals surface area contributed by atoms with Crippen molar-refractivity contribution in [3.63, 3.8) is 0 Å². The van der Waals surface area contributed by atoms with E-state index in [9.17, 15) is 14.0 Å². The summed E-state index contributed by atoms with van der Waals surface area (Å²) in [4.78, 5) is 24.1. The fraction of sp³-hybridized carbons (Fsp3) is 0.385. The highest BCUT2D eigenvalue weighted by Gasteiger charge is 2.16. The monoisotopic (exact) mass is 300 g/mol. The van der Waals surface area contributed by atoms with Gasteiger partial charge in [0.2, 0.25) is 5.91 Å². The lowest BCUT2D eigenvalue weighted by Crippen LogP contribution is -2.35. The number of hydrogen-bond donors (Lipinski definition) is 2. The van der Waals surface area contributed by atoms with Crippen molar-refractivity contribution in [1.82, 2.24) is 0 Å². The Kier molecular flexibility index (Phi) is 6.47. The Morgan fingerprint density at radius 3 is 2.50 bits per heavy atom. The van der Waals surface area contributed by atoms with Gasteiger partial charge in [-0.2, -0.15) is 0 Å². The van der Waals surface area contributed by atoms with Gasteiger partial charge in [-0.25, -0.2) is 4.39 Å². The summed E-state index contributed by atoms with van der Waals surface area (Å²) < 4.78 is 12.8. The van der Waals surface area contributed by atoms with Gasteiger partial charge in [0.25, 0.3) is 0 Å². The molecule has 1 amide bonds. The minimum Gasteiger partial charge on any atom is -0.480 e. The number of carboxylic acid groups (broad SMARTS) is 1. The van der Waals surface area contributed by atoms with Gasteiger partial charge in [0.15, 0.2) is 0 Å². The Bertz CT molecular complexity index is 467. The SMILES string of the molecule is CCN(C(=O)CSC[C@H](N)C(=O)O)c1ccc(F)cc1. The Morgan fingerprint density at radius 1 is 1.40 bits per heavy atom. The Balaban J connectivity index is 2.55. The number of halogens is 1. The lowest BCUT2D eigenvalue weighted by atomic mass is 10.3. The number of anilines is 1. The third-order valence-corrected chi connectivity index (χ3v) is 3.64. The van der Waals surface area contributed by atoms with Crippen molar-refractivity contribution in [3.05, 3.63) is 30.1 Å². The van der Waals surface area contributed by atoms with Gasteiger partial charge in [-0.05, 0) is 31.2 Å². The smallest absolute Gasteiger partial charge is 0.321 e. The van der Waals surface area contributed by atoms with Crippen LogP contribution in [-0.2, 0) is 9.59 Å². The number of thioether (sulfide) groups is 1. The molecule has 0 fully saturated rings. The van der Waals surface area contributed by atoms with E-state index in [-0.39, 0.29) is 23.2 Å². The molecule has 0 aliphatic carbocycles. The van der Waals surface area contributed by atoms with Crippen LogP contribution in [0.25, 0.3) is 0 Å². The molecule has 0 aliphatic rings. The van der Waals surface area contributed by atoms with E-state index >= 15 is 0 Å². The van der Waals surface area contributed by atoms with Crippen molar-refractivity contribution >= 4 is 29.3 Å². The van der Waals surface area contributed by atoms with Crippen LogP contribution in [0.2, 0.25) is 0 Å². The fourth-order valence-electron chi connectivity index (χ4n) is 1.55. The van der Waals surface area contributed by atoms with Gasteiger partial charge < -0.3 is 15.7 Å². The number of nitrogens with two attached hydrogens (primary N) is 1. The zero-order chi connectivity index (χ0) is 15.1. The topological polar surface area (TPSA) is 83.6 Å². The number of rotatable bonds is 7. The normalized spacial score (nSPS) is 11.9. The molecule has 0 spiro atoms. The molecular formula is C13H17FN2O3S. The van der Waals surface area contributed by atoms with Gasteiger partial charge in [-0.3, -0.25) is 9.59 Å². The van der Waals surface area contributed by atoms with E-state index in [0.29, 0.717) is 12.2 Å². The molecule has 1 aromatic carbocycles. The van der Waals surface area contributed by atoms with Crippen LogP contribution in [0.4, 0.5) is 10.1 Å². The van der Waals surface area contributed by atoms with Gasteiger partial charge in [0, 0.05) is 18.0 Å². The number of aliphatic carboxylic acids is 1. The summed E-state index contributed by atoms with van der Waals surface area (Å²) in [6.45, 7) is 2.27. The molecule has 0 saturated heterocycles. The van der Waals surface area contributed by atoms with Crippen molar-refractivity contribution in [2.75, 3.05) is 23.0 Å². The van der Waals surface area contributed by atoms with Crippen LogP contribution in [-0.4, -0.2) is 41.1 Å². The van der Waals surface area contributed by atoms with Crippen LogP contribution in [0.3, 0.4) is 0 Å². The summed E-state index contributed by atoms with van der Waals surface area (Å²) in [5.41, 5.74) is 5.97. The molecule has 0 radical (unpaired) electrons. The highest BCUT2D eigenvalue weighted by atomic mass is 32.2. The van der Waals surface area contributed by atoms with Crippen molar-refractivity contribution in [1.29, 1.82) is 0 Å². The molecule has 20 heavy (non-hydrogen) atoms. The number of carbonyl (C=O) groups is 2. The van der Waals surface area contributed by atoms with E-state index in [0.717, 1.165) is 0 Å². The van der Waals surface area contributed by atoms with E-state index < -0.39 is 12.0 Å². The Labute approximate surface area is 120 Å². The van der Waals surface area contributed by atoms with E-state index in [1.807, 2.05) is 6.92 Å². The summed E-state index contributed by atoms with van der Waals surface area (Å²) in [5, 5.41) is 8.64. The number of benzene rings is 1. The van der Waals surface area contributed by atoms with E-state index in [2.05, 4.69) is 0 Å². The molecular weight excluding hydrogens is 283 g/mol. The zero-order valence-electron chi connectivity index (χ0n) is 11.1. The molecule has 0 aromatic heterocycles. The second-order valence-electron chi connectivity index (χ2n) is 4.07. The third kappa shape index (κ3) is 4.82. The maximum absolute atomic E-state index is 12.8. The number of carboxylic acids is 1. The minimum absolute atomic E-state index is 0.131. The lowest BCUT2D eigenvalue weighted by Gasteiger charge is -2.21. The van der Waals surface area contributed by atoms with Gasteiger partial charge >= 0.3 is 5.97 Å². The predicted molar refractivity (Wildman–Crippen MR) is 77.4 cm³/mol. The third-order valence-electron chi connectivity index (χ3n) is 2.60. The maximum Gasteiger partial charge on any atom is 0.321 e. The van der Waals surface area contributed by atoms with E-state index in [1.165, 1.54) is 40.9 Å². The fourth-order valence-corrected chi connectivity index (χ4v) is 2.39. The molecule has 1 atom stereocenters. The van der Waals surface area contributed by atoms with Crippen molar-refractivity contribution < 1.29 is 19.1 Å². The molecule has 1 aromatic rings. The molecule has 3 N–H and O–H groups in total. The second kappa shape index (κ2) is 7.86. The minimum atomic E-state index is -1.09. The quantitative estimate of drug-likeness (QED) is 0.793. The van der Waals surface area contributed by atoms with Gasteiger partial charge in [-0.1, -0.05) is 0 Å². The Morgan fingerprint density at radius 2 is 2.00 bits per heavy atom. The van der Waals surface area contributed by atoms with Crippen LogP contribution in [0.15, 0.2) is 24.3 Å². The first-order valence-electron chi connectivity index (χ1n) is 6.07. The molecule has 1 rings (SSSR count). The van der Waals surface area contributed by atoms with Crippen molar-refractivity contribution in [2.45, 2.75) is 13.0 Å². The van der Waals surface area contributed by atoms with E-state index in [4.69, 9.17) is 10.8 Å². The molecule has 0 bridgehead atoms. The highest BCUT2D eigenvalue weighted by molar-refractivity contribution is 8.00. The van der Waals surface area contributed by atoms with Gasteiger partial charge in [0.1, 0.15) is 11.9 Å². The average molecular weight is 300 g/mol. The first-order valence-corrected chi connectivity index (χ1v) is 7.23. The molecule has 110 valence electrons. The number of hydrogen-bond acceptors (Lipinski definition) is 4. The number of nitrogens with zero attached hydrogens (tertiary/aromatic N) is 1. The first-order chi connectivity index (χ1) is 9.45. The summed E-state index contributed by atoms with van der Waals surface area (Å²) in [6, 6.07) is 4.67. The van der Waals surface area contributed by atoms with Crippen LogP contribution in [0, 0.1) is 5.82 Å². The first kappa shape index (κ1) is 16.5. The molecule has 0 saturated carbocycles. The molecule has 0 unspecified atom stereocenters. The lowest BCUT2D eigenvalue weighted by molar-refractivity contribution is -0.137. The van der Waals surface area contributed by atoms with E-state index in [1.54, 1.807) is 0 Å². The Hall–Kier alpha value is -1.60. The molecule has 0 aliphatic heterocycles. The molecule has 7 heteroatoms. The molecule has 5 nitrogen and oxygen atoms in total. The highest BCUT2D eigenvalue weighted by Crippen LogP contribution is 2.16. The number of amides is 1. The average Bonchev–Trinajstić information content (AvgIpc) is 2.41. The van der Waals surface area contributed by atoms with Crippen LogP contribution in [0.1, 0.15) is 6.92 Å². The van der Waals surface area contributed by atoms with Gasteiger partial charge in [-0.15, -0.1) is 11.8 Å². The van der Waals surface area contributed by atoms with Crippen LogP contribution in [0.5, 0.6) is 0 Å². The van der Waals surface area contributed by atoms with Crippen molar-refractivity contribution in [2.24, 2.45) is 5.73 Å². The second-order valence-corrected chi connectivity index (χ2v) is 5.10. The zero-order valence-corrected chi connectivity index (χ0v) is 11.9. The van der Waals surface area contributed by atoms with Gasteiger partial charge in [0.05, 0.1) is 5.75 Å². The summed E-state index contributed by atoms with van der Waals surface area (Å²) in [6.07, 6.45) is 0. The maximum atomic E-state index is 12.8. The number of carbonyl (C=O) groups excluding carboxylic acids is 1. The summed E-state index contributed by atoms with van der Waals surface area (Å²) in [5.74, 6) is -1.31. The van der Waals surface area contributed by atoms with Crippen molar-refractivity contribution in [3.8, 4) is 0 Å². The summed E-state index contributed by atoms with van der Waals surface area (Å²) >= 11 is 1.17. The summed E-state index contributed by atoms with van der Waals surface area (Å²) in [7, 11) is 0. The standard InChI is InChI=1S/C13H17FN2O3S/c1-2-16(10-5-3-9(14)4-6-10)12(17)8-20-7-11(15)13(18)19/h3-6,11H,2,7-8,15H2,1H3,(H,18,19)/t11-/m0/s1.